The lowest BCUT2D eigenvalue weighted by Gasteiger charge is -2.29. The lowest BCUT2D eigenvalue weighted by atomic mass is 9.97. The molecule has 6 rings (SSSR count). The molecule has 1 aliphatic heterocycles. The van der Waals surface area contributed by atoms with E-state index in [1.807, 2.05) is 55.6 Å². The van der Waals surface area contributed by atoms with Crippen molar-refractivity contribution in [1.82, 2.24) is 9.55 Å². The van der Waals surface area contributed by atoms with Gasteiger partial charge in [-0.05, 0) is 35.9 Å². The summed E-state index contributed by atoms with van der Waals surface area (Å²) in [5.41, 5.74) is 7.30. The SMILES string of the molecule is CN1C(c2nc3ccccc3n2C)=C/C(=C\c2sc3ccccc3[n+]2CCCS(=O)(=O)O)c2ccccc21. The molecule has 192 valence electrons. The summed E-state index contributed by atoms with van der Waals surface area (Å²) in [5.74, 6) is 0.608. The number of aryl methyl sites for hydroxylation is 2. The van der Waals surface area contributed by atoms with E-state index < -0.39 is 10.1 Å². The molecule has 1 N–H and O–H groups in total. The van der Waals surface area contributed by atoms with Gasteiger partial charge in [-0.2, -0.15) is 13.0 Å². The largest absolute Gasteiger partial charge is 0.341 e. The first kappa shape index (κ1) is 24.5. The summed E-state index contributed by atoms with van der Waals surface area (Å²) in [4.78, 5) is 7.14. The number of nitrogens with zero attached hydrogens (tertiary/aromatic N) is 4. The normalized spacial score (nSPS) is 14.9. The second-order valence-corrected chi connectivity index (χ2v) is 12.0. The number of para-hydroxylation sites is 4. The fraction of sp³-hybridized carbons (Fsp3) is 0.172. The van der Waals surface area contributed by atoms with Crippen LogP contribution in [0.2, 0.25) is 0 Å². The van der Waals surface area contributed by atoms with Crippen LogP contribution in [0.4, 0.5) is 5.69 Å². The van der Waals surface area contributed by atoms with Crippen LogP contribution in [0.5, 0.6) is 0 Å². The van der Waals surface area contributed by atoms with Crippen molar-refractivity contribution in [2.45, 2.75) is 13.0 Å². The van der Waals surface area contributed by atoms with Gasteiger partial charge >= 0.3 is 0 Å². The average molecular weight is 544 g/mol. The minimum Gasteiger partial charge on any atom is -0.341 e. The maximum absolute atomic E-state index is 11.4. The minimum absolute atomic E-state index is 0.273. The molecule has 7 nitrogen and oxygen atoms in total. The van der Waals surface area contributed by atoms with Gasteiger partial charge in [-0.3, -0.25) is 4.55 Å². The standard InChI is InChI=1S/C29H26N4O3S2/c1-31-23-12-5-3-10-21(23)20(18-26(31)29-30-22-11-4-6-13-24(22)32(29)2)19-28-33(16-9-17-38(34,35)36)25-14-7-8-15-27(25)37-28/h3-8,10-15,18-19H,9,16-17H2,1-2H3/p+1. The molecule has 9 heteroatoms. The highest BCUT2D eigenvalue weighted by Crippen LogP contribution is 2.40. The van der Waals surface area contributed by atoms with Crippen LogP contribution in [0.15, 0.2) is 78.9 Å². The van der Waals surface area contributed by atoms with Crippen molar-refractivity contribution in [2.75, 3.05) is 17.7 Å². The summed E-state index contributed by atoms with van der Waals surface area (Å²) in [6.45, 7) is 0.478. The zero-order chi connectivity index (χ0) is 26.4. The van der Waals surface area contributed by atoms with E-state index in [1.54, 1.807) is 11.3 Å². The Morgan fingerprint density at radius 1 is 1.00 bits per heavy atom. The van der Waals surface area contributed by atoms with Gasteiger partial charge in [0.05, 0.1) is 22.5 Å². The molecule has 0 spiro atoms. The third-order valence-corrected chi connectivity index (χ3v) is 8.86. The molecule has 3 aromatic carbocycles. The first-order valence-corrected chi connectivity index (χ1v) is 14.8. The quantitative estimate of drug-likeness (QED) is 0.230. The van der Waals surface area contributed by atoms with Gasteiger partial charge in [-0.15, -0.1) is 0 Å². The van der Waals surface area contributed by atoms with E-state index in [9.17, 15) is 13.0 Å². The summed E-state index contributed by atoms with van der Waals surface area (Å²) < 4.78 is 37.4. The number of hydrogen-bond acceptors (Lipinski definition) is 5. The number of anilines is 1. The number of benzene rings is 3. The van der Waals surface area contributed by atoms with E-state index in [1.165, 1.54) is 0 Å². The molecule has 0 fully saturated rings. The summed E-state index contributed by atoms with van der Waals surface area (Å²) in [6, 6.07) is 24.6. The third-order valence-electron chi connectivity index (χ3n) is 6.95. The van der Waals surface area contributed by atoms with Crippen molar-refractivity contribution < 1.29 is 17.5 Å². The summed E-state index contributed by atoms with van der Waals surface area (Å²) >= 11 is 1.67. The molecule has 38 heavy (non-hydrogen) atoms. The van der Waals surface area contributed by atoms with Gasteiger partial charge in [-0.1, -0.05) is 53.8 Å². The van der Waals surface area contributed by atoms with Crippen molar-refractivity contribution in [3.63, 3.8) is 0 Å². The second-order valence-electron chi connectivity index (χ2n) is 9.39. The molecule has 2 aromatic heterocycles. The second kappa shape index (κ2) is 9.50. The van der Waals surface area contributed by atoms with Gasteiger partial charge in [0, 0.05) is 43.9 Å². The van der Waals surface area contributed by atoms with Crippen molar-refractivity contribution in [1.29, 1.82) is 0 Å². The van der Waals surface area contributed by atoms with Crippen molar-refractivity contribution in [3.8, 4) is 0 Å². The average Bonchev–Trinajstić information content (AvgIpc) is 3.42. The molecular formula is C29H27N4O3S2+. The maximum Gasteiger partial charge on any atom is 0.265 e. The summed E-state index contributed by atoms with van der Waals surface area (Å²) in [6.07, 6.45) is 4.67. The lowest BCUT2D eigenvalue weighted by Crippen LogP contribution is -2.36. The van der Waals surface area contributed by atoms with E-state index in [2.05, 4.69) is 57.5 Å². The van der Waals surface area contributed by atoms with Crippen LogP contribution in [-0.2, 0) is 23.7 Å². The van der Waals surface area contributed by atoms with Crippen LogP contribution >= 0.6 is 11.3 Å². The van der Waals surface area contributed by atoms with E-state index in [0.717, 1.165) is 54.6 Å². The van der Waals surface area contributed by atoms with E-state index in [-0.39, 0.29) is 5.75 Å². The van der Waals surface area contributed by atoms with Crippen molar-refractivity contribution >= 4 is 65.7 Å². The predicted molar refractivity (Wildman–Crippen MR) is 154 cm³/mol. The van der Waals surface area contributed by atoms with Crippen LogP contribution in [-0.4, -0.2) is 35.3 Å². The van der Waals surface area contributed by atoms with Gasteiger partial charge in [-0.25, -0.2) is 4.98 Å². The molecule has 0 saturated heterocycles. The van der Waals surface area contributed by atoms with Crippen LogP contribution in [0.1, 0.15) is 22.8 Å². The van der Waals surface area contributed by atoms with E-state index >= 15 is 0 Å². The van der Waals surface area contributed by atoms with Crippen LogP contribution in [0, 0.1) is 0 Å². The Morgan fingerprint density at radius 3 is 2.55 bits per heavy atom. The topological polar surface area (TPSA) is 79.3 Å². The zero-order valence-electron chi connectivity index (χ0n) is 21.1. The summed E-state index contributed by atoms with van der Waals surface area (Å²) in [5, 5.41) is 1.01. The molecule has 0 unspecified atom stereocenters. The Balaban J connectivity index is 1.52. The molecule has 0 saturated carbocycles. The van der Waals surface area contributed by atoms with Crippen LogP contribution in [0.25, 0.3) is 38.6 Å². The van der Waals surface area contributed by atoms with Gasteiger partial charge in [0.15, 0.2) is 12.4 Å². The number of allylic oxidation sites excluding steroid dienone is 2. The molecule has 0 amide bonds. The molecule has 5 aromatic rings. The molecule has 0 bridgehead atoms. The van der Waals surface area contributed by atoms with Gasteiger partial charge < -0.3 is 9.47 Å². The molecule has 0 radical (unpaired) electrons. The smallest absolute Gasteiger partial charge is 0.265 e. The Kier molecular flexibility index (Phi) is 6.14. The lowest BCUT2D eigenvalue weighted by molar-refractivity contribution is -0.668. The molecule has 3 heterocycles. The van der Waals surface area contributed by atoms with Crippen molar-refractivity contribution in [2.24, 2.45) is 7.05 Å². The first-order chi connectivity index (χ1) is 18.3. The Labute approximate surface area is 225 Å². The van der Waals surface area contributed by atoms with Gasteiger partial charge in [0.2, 0.25) is 5.52 Å². The third kappa shape index (κ3) is 4.42. The highest BCUT2D eigenvalue weighted by atomic mass is 32.2. The predicted octanol–water partition coefficient (Wildman–Crippen LogP) is 5.38. The fourth-order valence-corrected chi connectivity index (χ4v) is 6.73. The van der Waals surface area contributed by atoms with E-state index in [0.29, 0.717) is 13.0 Å². The van der Waals surface area contributed by atoms with E-state index in [4.69, 9.17) is 4.98 Å². The van der Waals surface area contributed by atoms with Gasteiger partial charge in [0.1, 0.15) is 4.70 Å². The monoisotopic (exact) mass is 543 g/mol. The highest BCUT2D eigenvalue weighted by Gasteiger charge is 2.26. The Hall–Kier alpha value is -3.79. The molecule has 1 aliphatic rings. The molecular weight excluding hydrogens is 516 g/mol. The number of imidazole rings is 1. The number of aromatic nitrogens is 3. The minimum atomic E-state index is -4.02. The maximum atomic E-state index is 11.4. The highest BCUT2D eigenvalue weighted by molar-refractivity contribution is 7.85. The fourth-order valence-electron chi connectivity index (χ4n) is 5.10. The number of rotatable bonds is 6. The summed E-state index contributed by atoms with van der Waals surface area (Å²) in [7, 11) is 0.0856. The first-order valence-electron chi connectivity index (χ1n) is 12.3. The van der Waals surface area contributed by atoms with Crippen LogP contribution in [0.3, 0.4) is 0 Å². The van der Waals surface area contributed by atoms with Crippen molar-refractivity contribution in [3.05, 3.63) is 95.3 Å². The van der Waals surface area contributed by atoms with Gasteiger partial charge in [0.25, 0.3) is 15.1 Å². The number of hydrogen-bond donors (Lipinski definition) is 1. The zero-order valence-corrected chi connectivity index (χ0v) is 22.7. The Bertz CT molecular complexity index is 1870. The molecule has 0 atom stereocenters. The molecule has 0 aliphatic carbocycles. The number of thiazole rings is 1. The number of fused-ring (bicyclic) bond motifs is 3. The van der Waals surface area contributed by atoms with Crippen LogP contribution < -0.4 is 9.47 Å². The Morgan fingerprint density at radius 2 is 1.74 bits per heavy atom.